The highest BCUT2D eigenvalue weighted by Crippen LogP contribution is 2.49. The van der Waals surface area contributed by atoms with Crippen LogP contribution in [0.5, 0.6) is 0 Å². The summed E-state index contributed by atoms with van der Waals surface area (Å²) in [6.07, 6.45) is 2.16. The number of aryl methyl sites for hydroxylation is 1. The Morgan fingerprint density at radius 3 is 2.75 bits per heavy atom. The predicted molar refractivity (Wildman–Crippen MR) is 117 cm³/mol. The van der Waals surface area contributed by atoms with Gasteiger partial charge >= 0.3 is 6.18 Å². The molecule has 0 aromatic carbocycles. The molecule has 1 N–H and O–H groups in total. The van der Waals surface area contributed by atoms with Gasteiger partial charge in [-0.1, -0.05) is 13.3 Å². The lowest BCUT2D eigenvalue weighted by Gasteiger charge is -2.28. The summed E-state index contributed by atoms with van der Waals surface area (Å²) in [5.74, 6) is 1.38. The quantitative estimate of drug-likeness (QED) is 0.537. The molecule has 2 fully saturated rings. The monoisotopic (exact) mass is 462 g/mol. The van der Waals surface area contributed by atoms with Gasteiger partial charge in [0.2, 0.25) is 0 Å². The summed E-state index contributed by atoms with van der Waals surface area (Å²) in [5, 5.41) is 6.90. The zero-order valence-corrected chi connectivity index (χ0v) is 18.8. The Balaban J connectivity index is 1.50. The Hall–Kier alpha value is -2.42. The molecule has 4 atom stereocenters. The van der Waals surface area contributed by atoms with Crippen LogP contribution >= 0.6 is 11.3 Å². The van der Waals surface area contributed by atoms with Crippen LogP contribution in [0.2, 0.25) is 0 Å². The molecule has 170 valence electrons. The Bertz CT molecular complexity index is 1170. The summed E-state index contributed by atoms with van der Waals surface area (Å²) < 4.78 is 42.2. The van der Waals surface area contributed by atoms with E-state index in [-0.39, 0.29) is 22.9 Å². The molecular formula is C23H25F3N4OS. The zero-order chi connectivity index (χ0) is 22.6. The van der Waals surface area contributed by atoms with E-state index in [1.165, 1.54) is 36.8 Å². The summed E-state index contributed by atoms with van der Waals surface area (Å²) >= 11 is 1.40. The second-order valence-electron chi connectivity index (χ2n) is 9.04. The van der Waals surface area contributed by atoms with Gasteiger partial charge in [-0.05, 0) is 68.6 Å². The molecule has 1 amide bonds. The lowest BCUT2D eigenvalue weighted by atomic mass is 9.84. The molecule has 2 saturated carbocycles. The van der Waals surface area contributed by atoms with E-state index < -0.39 is 17.8 Å². The average Bonchev–Trinajstić information content (AvgIpc) is 3.55. The molecule has 3 aromatic rings. The van der Waals surface area contributed by atoms with Crippen molar-refractivity contribution < 1.29 is 18.0 Å². The molecule has 0 radical (unpaired) electrons. The first-order chi connectivity index (χ1) is 15.2. The van der Waals surface area contributed by atoms with Crippen molar-refractivity contribution in [1.82, 2.24) is 19.9 Å². The van der Waals surface area contributed by atoms with Crippen LogP contribution in [-0.4, -0.2) is 26.5 Å². The number of amides is 1. The first-order valence-corrected chi connectivity index (χ1v) is 11.9. The van der Waals surface area contributed by atoms with Crippen LogP contribution in [0.4, 0.5) is 13.2 Å². The highest BCUT2D eigenvalue weighted by molar-refractivity contribution is 7.15. The number of carbonyl (C=O) groups excluding carboxylic acids is 1. The molecule has 5 nitrogen and oxygen atoms in total. The molecule has 32 heavy (non-hydrogen) atoms. The number of thiophene rings is 1. The van der Waals surface area contributed by atoms with Gasteiger partial charge < -0.3 is 5.32 Å². The second kappa shape index (κ2) is 7.86. The van der Waals surface area contributed by atoms with Gasteiger partial charge in [-0.2, -0.15) is 18.3 Å². The third kappa shape index (κ3) is 3.70. The van der Waals surface area contributed by atoms with Crippen LogP contribution in [-0.2, 0) is 12.6 Å². The van der Waals surface area contributed by atoms with E-state index in [9.17, 15) is 18.0 Å². The van der Waals surface area contributed by atoms with Crippen molar-refractivity contribution in [3.8, 4) is 10.6 Å². The number of fused-ring (bicyclic) bond motifs is 3. The third-order valence-electron chi connectivity index (χ3n) is 7.06. The summed E-state index contributed by atoms with van der Waals surface area (Å²) in [7, 11) is 0. The van der Waals surface area contributed by atoms with Gasteiger partial charge in [0.25, 0.3) is 5.91 Å². The number of nitrogens with one attached hydrogen (secondary N) is 1. The van der Waals surface area contributed by atoms with Crippen LogP contribution < -0.4 is 5.32 Å². The number of hydrogen-bond donors (Lipinski definition) is 1. The second-order valence-corrected chi connectivity index (χ2v) is 10.2. The van der Waals surface area contributed by atoms with Gasteiger partial charge in [0, 0.05) is 10.9 Å². The maximum atomic E-state index is 13.8. The van der Waals surface area contributed by atoms with Gasteiger partial charge in [-0.15, -0.1) is 11.3 Å². The number of halogens is 3. The fourth-order valence-corrected chi connectivity index (χ4v) is 6.36. The molecule has 2 bridgehead atoms. The topological polar surface area (TPSA) is 59.3 Å². The number of hydrogen-bond acceptors (Lipinski definition) is 4. The van der Waals surface area contributed by atoms with Crippen molar-refractivity contribution in [2.24, 2.45) is 17.8 Å². The summed E-state index contributed by atoms with van der Waals surface area (Å²) in [4.78, 5) is 19.2. The van der Waals surface area contributed by atoms with Crippen molar-refractivity contribution in [2.45, 2.75) is 58.2 Å². The SMILES string of the molecule is CCc1ccc(-c2cc(C(F)(F)F)n3ncc(C(=O)N[C@@H](C)[C@@H]4C[C@@H]5CC[C@@H]4C5)c3n2)s1. The predicted octanol–water partition coefficient (Wildman–Crippen LogP) is 5.59. The van der Waals surface area contributed by atoms with Gasteiger partial charge in [0.05, 0.1) is 16.8 Å². The Morgan fingerprint density at radius 1 is 1.31 bits per heavy atom. The van der Waals surface area contributed by atoms with Crippen molar-refractivity contribution in [1.29, 1.82) is 0 Å². The molecule has 2 aliphatic carbocycles. The molecule has 3 heterocycles. The summed E-state index contributed by atoms with van der Waals surface area (Å²) in [5.41, 5.74) is -0.743. The average molecular weight is 463 g/mol. The minimum atomic E-state index is -4.63. The van der Waals surface area contributed by atoms with E-state index in [1.807, 2.05) is 19.9 Å². The van der Waals surface area contributed by atoms with Crippen LogP contribution in [0, 0.1) is 17.8 Å². The van der Waals surface area contributed by atoms with Crippen molar-refractivity contribution in [2.75, 3.05) is 0 Å². The van der Waals surface area contributed by atoms with Gasteiger partial charge in [-0.25, -0.2) is 9.50 Å². The fraction of sp³-hybridized carbons (Fsp3) is 0.522. The number of rotatable bonds is 5. The Morgan fingerprint density at radius 2 is 2.12 bits per heavy atom. The number of alkyl halides is 3. The van der Waals surface area contributed by atoms with Crippen LogP contribution in [0.3, 0.4) is 0 Å². The van der Waals surface area contributed by atoms with E-state index in [0.717, 1.165) is 34.2 Å². The summed E-state index contributed by atoms with van der Waals surface area (Å²) in [6.45, 7) is 3.98. The molecular weight excluding hydrogens is 437 g/mol. The smallest absolute Gasteiger partial charge is 0.349 e. The Labute approximate surface area is 188 Å². The number of carbonyl (C=O) groups is 1. The van der Waals surface area contributed by atoms with E-state index in [0.29, 0.717) is 16.7 Å². The molecule has 0 spiro atoms. The van der Waals surface area contributed by atoms with E-state index >= 15 is 0 Å². The molecule has 9 heteroatoms. The largest absolute Gasteiger partial charge is 0.433 e. The molecule has 5 rings (SSSR count). The maximum Gasteiger partial charge on any atom is 0.433 e. The van der Waals surface area contributed by atoms with Crippen molar-refractivity contribution in [3.63, 3.8) is 0 Å². The first-order valence-electron chi connectivity index (χ1n) is 11.1. The van der Waals surface area contributed by atoms with Crippen LogP contribution in [0.15, 0.2) is 24.4 Å². The van der Waals surface area contributed by atoms with Gasteiger partial charge in [0.15, 0.2) is 11.3 Å². The van der Waals surface area contributed by atoms with Crippen molar-refractivity contribution in [3.05, 3.63) is 40.5 Å². The Kier molecular flexibility index (Phi) is 5.27. The normalized spacial score (nSPS) is 23.7. The van der Waals surface area contributed by atoms with Gasteiger partial charge in [0.1, 0.15) is 5.56 Å². The maximum absolute atomic E-state index is 13.8. The minimum Gasteiger partial charge on any atom is -0.349 e. The fourth-order valence-electron chi connectivity index (χ4n) is 5.45. The summed E-state index contributed by atoms with van der Waals surface area (Å²) in [6, 6.07) is 4.63. The minimum absolute atomic E-state index is 0.0394. The van der Waals surface area contributed by atoms with Crippen LogP contribution in [0.25, 0.3) is 16.2 Å². The van der Waals surface area contributed by atoms with Crippen molar-refractivity contribution >= 4 is 22.9 Å². The number of aromatic nitrogens is 3. The highest BCUT2D eigenvalue weighted by Gasteiger charge is 2.42. The standard InChI is InChI=1S/C23H25F3N4OS/c1-3-15-6-7-19(32-15)18-10-20(23(24,25)26)30-21(29-18)17(11-27-30)22(31)28-12(2)16-9-13-4-5-14(16)8-13/h6-7,10-14,16H,3-5,8-9H2,1-2H3,(H,28,31)/t12-,13+,14+,16-/m0/s1. The molecule has 0 saturated heterocycles. The van der Waals surface area contributed by atoms with E-state index in [1.54, 1.807) is 6.07 Å². The van der Waals surface area contributed by atoms with E-state index in [2.05, 4.69) is 15.4 Å². The lowest BCUT2D eigenvalue weighted by molar-refractivity contribution is -0.142. The molecule has 2 aliphatic rings. The molecule has 3 aromatic heterocycles. The zero-order valence-electron chi connectivity index (χ0n) is 17.9. The first kappa shape index (κ1) is 21.4. The third-order valence-corrected chi connectivity index (χ3v) is 8.32. The molecule has 0 unspecified atom stereocenters. The van der Waals surface area contributed by atoms with Crippen LogP contribution in [0.1, 0.15) is 60.5 Å². The highest BCUT2D eigenvalue weighted by atomic mass is 32.1. The molecule has 0 aliphatic heterocycles. The number of nitrogens with zero attached hydrogens (tertiary/aromatic N) is 3. The lowest BCUT2D eigenvalue weighted by Crippen LogP contribution is -2.40. The van der Waals surface area contributed by atoms with E-state index in [4.69, 9.17) is 0 Å². The van der Waals surface area contributed by atoms with Gasteiger partial charge in [-0.3, -0.25) is 4.79 Å².